The third kappa shape index (κ3) is 3.79. The summed E-state index contributed by atoms with van der Waals surface area (Å²) in [5, 5.41) is 22.6. The van der Waals surface area contributed by atoms with E-state index >= 15 is 0 Å². The number of amidine groups is 2. The molecule has 0 saturated carbocycles. The molecule has 0 unspecified atom stereocenters. The maximum Gasteiger partial charge on any atom is 0.283 e. The summed E-state index contributed by atoms with van der Waals surface area (Å²) in [6, 6.07) is 16.4. The molecule has 35 heavy (non-hydrogen) atoms. The van der Waals surface area contributed by atoms with Crippen LogP contribution in [0.3, 0.4) is 0 Å². The largest absolute Gasteiger partial charge is 0.317 e. The molecular weight excluding hydrogens is 462 g/mol. The molecule has 2 aliphatic heterocycles. The minimum atomic E-state index is -0.465. The number of aromatic nitrogens is 1. The lowest BCUT2D eigenvalue weighted by Gasteiger charge is -2.26. The third-order valence-electron chi connectivity index (χ3n) is 6.10. The first-order valence-corrected chi connectivity index (χ1v) is 11.7. The van der Waals surface area contributed by atoms with Crippen molar-refractivity contribution < 1.29 is 9.72 Å². The zero-order chi connectivity index (χ0) is 24.9. The highest BCUT2D eigenvalue weighted by atomic mass is 32.2. The van der Waals surface area contributed by atoms with E-state index < -0.39 is 10.8 Å². The molecule has 0 spiro atoms. The minimum Gasteiger partial charge on any atom is -0.317 e. The first-order chi connectivity index (χ1) is 16.8. The van der Waals surface area contributed by atoms with Gasteiger partial charge in [-0.05, 0) is 49.6 Å². The predicted octanol–water partition coefficient (Wildman–Crippen LogP) is 5.62. The number of nitro benzene ring substituents is 1. The van der Waals surface area contributed by atoms with Crippen LogP contribution in [0.4, 0.5) is 5.69 Å². The molecule has 8 nitrogen and oxygen atoms in total. The Kier molecular flexibility index (Phi) is 5.49. The summed E-state index contributed by atoms with van der Waals surface area (Å²) >= 11 is 1.32. The number of nitrogens with one attached hydrogen (secondary N) is 1. The topological polar surface area (TPSA) is 105 Å². The SMILES string of the molecule is Cc1ccc([N+](=O)[O-])cc1-n1c(C)cc(C=C2C(=N)N3C(c4ccccc4)=CSC3=NC2=O)c1C. The van der Waals surface area contributed by atoms with Gasteiger partial charge in [-0.25, -0.2) is 0 Å². The van der Waals surface area contributed by atoms with Crippen LogP contribution in [0.5, 0.6) is 0 Å². The molecule has 1 amide bonds. The maximum atomic E-state index is 12.9. The Labute approximate surface area is 206 Å². The van der Waals surface area contributed by atoms with Crippen LogP contribution in [0.2, 0.25) is 0 Å². The van der Waals surface area contributed by atoms with Crippen molar-refractivity contribution in [2.45, 2.75) is 20.8 Å². The van der Waals surface area contributed by atoms with Crippen molar-refractivity contribution in [3.8, 4) is 5.69 Å². The van der Waals surface area contributed by atoms with Gasteiger partial charge in [-0.1, -0.05) is 48.2 Å². The number of carbonyl (C=O) groups is 1. The second-order valence-corrected chi connectivity index (χ2v) is 9.15. The smallest absolute Gasteiger partial charge is 0.283 e. The van der Waals surface area contributed by atoms with Crippen LogP contribution in [0.1, 0.15) is 28.1 Å². The molecule has 0 fully saturated rings. The second-order valence-electron chi connectivity index (χ2n) is 8.32. The van der Waals surface area contributed by atoms with Gasteiger partial charge in [0.05, 0.1) is 21.9 Å². The molecule has 0 aliphatic carbocycles. The zero-order valence-electron chi connectivity index (χ0n) is 19.3. The van der Waals surface area contributed by atoms with Crippen LogP contribution < -0.4 is 0 Å². The van der Waals surface area contributed by atoms with Crippen LogP contribution in [0.25, 0.3) is 17.5 Å². The third-order valence-corrected chi connectivity index (χ3v) is 6.92. The number of rotatable bonds is 4. The van der Waals surface area contributed by atoms with Gasteiger partial charge >= 0.3 is 0 Å². The quantitative estimate of drug-likeness (QED) is 0.295. The van der Waals surface area contributed by atoms with Crippen molar-refractivity contribution in [1.29, 1.82) is 5.41 Å². The average Bonchev–Trinajstić information content (AvgIpc) is 3.38. The zero-order valence-corrected chi connectivity index (χ0v) is 20.1. The van der Waals surface area contributed by atoms with E-state index in [0.29, 0.717) is 10.9 Å². The van der Waals surface area contributed by atoms with Crippen LogP contribution in [-0.4, -0.2) is 31.3 Å². The first kappa shape index (κ1) is 22.5. The van der Waals surface area contributed by atoms with E-state index in [-0.39, 0.29) is 17.1 Å². The van der Waals surface area contributed by atoms with Gasteiger partial charge in [-0.15, -0.1) is 0 Å². The van der Waals surface area contributed by atoms with Crippen LogP contribution in [0.15, 0.2) is 70.6 Å². The number of amides is 1. The highest BCUT2D eigenvalue weighted by molar-refractivity contribution is 8.17. The number of non-ortho nitro benzene ring substituents is 1. The van der Waals surface area contributed by atoms with Gasteiger partial charge < -0.3 is 4.57 Å². The monoisotopic (exact) mass is 483 g/mol. The Morgan fingerprint density at radius 3 is 2.54 bits per heavy atom. The van der Waals surface area contributed by atoms with Crippen LogP contribution in [-0.2, 0) is 4.79 Å². The van der Waals surface area contributed by atoms with E-state index in [9.17, 15) is 14.9 Å². The molecule has 0 saturated heterocycles. The number of thioether (sulfide) groups is 1. The molecule has 5 rings (SSSR count). The number of hydrogen-bond acceptors (Lipinski definition) is 5. The summed E-state index contributed by atoms with van der Waals surface area (Å²) in [5.74, 6) is -0.399. The maximum absolute atomic E-state index is 12.9. The van der Waals surface area contributed by atoms with E-state index in [2.05, 4.69) is 4.99 Å². The molecule has 174 valence electrons. The Bertz CT molecular complexity index is 1520. The number of benzene rings is 2. The summed E-state index contributed by atoms with van der Waals surface area (Å²) in [6.07, 6.45) is 1.68. The van der Waals surface area contributed by atoms with Gasteiger partial charge in [-0.3, -0.25) is 25.2 Å². The van der Waals surface area contributed by atoms with Gasteiger partial charge in [0.15, 0.2) is 5.17 Å². The molecule has 0 radical (unpaired) electrons. The Morgan fingerprint density at radius 2 is 1.83 bits per heavy atom. The Hall–Kier alpha value is -4.24. The van der Waals surface area contributed by atoms with Crippen molar-refractivity contribution in [3.05, 3.63) is 104 Å². The van der Waals surface area contributed by atoms with Crippen LogP contribution >= 0.6 is 11.8 Å². The van der Waals surface area contributed by atoms with Gasteiger partial charge in [-0.2, -0.15) is 4.99 Å². The van der Waals surface area contributed by atoms with Crippen molar-refractivity contribution in [2.24, 2.45) is 4.99 Å². The average molecular weight is 484 g/mol. The molecular formula is C26H21N5O3S. The number of nitrogens with zero attached hydrogens (tertiary/aromatic N) is 4. The Morgan fingerprint density at radius 1 is 1.09 bits per heavy atom. The normalized spacial score (nSPS) is 16.4. The summed E-state index contributed by atoms with van der Waals surface area (Å²) in [5.41, 5.74) is 5.94. The van der Waals surface area contributed by atoms with E-state index in [1.807, 2.05) is 67.1 Å². The predicted molar refractivity (Wildman–Crippen MR) is 139 cm³/mol. The molecule has 3 heterocycles. The summed E-state index contributed by atoms with van der Waals surface area (Å²) in [7, 11) is 0. The lowest BCUT2D eigenvalue weighted by Crippen LogP contribution is -2.38. The molecule has 3 aromatic rings. The fraction of sp³-hybridized carbons (Fsp3) is 0.115. The lowest BCUT2D eigenvalue weighted by molar-refractivity contribution is -0.384. The lowest BCUT2D eigenvalue weighted by atomic mass is 10.1. The van der Waals surface area contributed by atoms with Gasteiger partial charge in [0.2, 0.25) is 0 Å². The summed E-state index contributed by atoms with van der Waals surface area (Å²) in [4.78, 5) is 29.7. The molecule has 1 N–H and O–H groups in total. The number of nitro groups is 1. The molecule has 1 aromatic heterocycles. The highest BCUT2D eigenvalue weighted by Crippen LogP contribution is 2.37. The van der Waals surface area contributed by atoms with Crippen molar-refractivity contribution in [3.63, 3.8) is 0 Å². The number of aliphatic imine (C=N–C) groups is 1. The molecule has 0 bridgehead atoms. The fourth-order valence-corrected chi connectivity index (χ4v) is 5.22. The van der Waals surface area contributed by atoms with Crippen molar-refractivity contribution in [2.75, 3.05) is 0 Å². The fourth-order valence-electron chi connectivity index (χ4n) is 4.33. The van der Waals surface area contributed by atoms with E-state index in [1.54, 1.807) is 23.1 Å². The van der Waals surface area contributed by atoms with Crippen LogP contribution in [0, 0.1) is 36.3 Å². The highest BCUT2D eigenvalue weighted by Gasteiger charge is 2.36. The summed E-state index contributed by atoms with van der Waals surface area (Å²) in [6.45, 7) is 5.70. The van der Waals surface area contributed by atoms with Gasteiger partial charge in [0, 0.05) is 28.9 Å². The Balaban J connectivity index is 1.57. The van der Waals surface area contributed by atoms with E-state index in [0.717, 1.165) is 33.8 Å². The summed E-state index contributed by atoms with van der Waals surface area (Å²) < 4.78 is 1.93. The molecule has 9 heteroatoms. The number of hydrogen-bond donors (Lipinski definition) is 1. The molecule has 2 aliphatic rings. The minimum absolute atomic E-state index is 0.0101. The number of carbonyl (C=O) groups excluding carboxylic acids is 1. The number of fused-ring (bicyclic) bond motifs is 1. The van der Waals surface area contributed by atoms with Crippen molar-refractivity contribution in [1.82, 2.24) is 9.47 Å². The van der Waals surface area contributed by atoms with E-state index in [4.69, 9.17) is 5.41 Å². The molecule has 2 aromatic carbocycles. The first-order valence-electron chi connectivity index (χ1n) is 10.9. The van der Waals surface area contributed by atoms with E-state index in [1.165, 1.54) is 17.8 Å². The number of aryl methyl sites for hydroxylation is 2. The molecule has 0 atom stereocenters. The standard InChI is InChI=1S/C26H21N5O3S/c1-15-9-10-20(31(33)34)13-22(15)29-16(2)11-19(17(29)3)12-21-24(27)30-23(18-7-5-4-6-8-18)14-35-26(30)28-25(21)32/h4-14,27H,1-3H3. The van der Waals surface area contributed by atoms with Crippen molar-refractivity contribution >= 4 is 46.1 Å². The van der Waals surface area contributed by atoms with Gasteiger partial charge in [0.25, 0.3) is 11.6 Å². The van der Waals surface area contributed by atoms with Gasteiger partial charge in [0.1, 0.15) is 5.84 Å². The second kappa shape index (κ2) is 8.52.